The highest BCUT2D eigenvalue weighted by Gasteiger charge is 2.28. The van der Waals surface area contributed by atoms with E-state index < -0.39 is 12.8 Å². The number of carbonyl (C=O) groups is 1. The zero-order chi connectivity index (χ0) is 20.1. The van der Waals surface area contributed by atoms with Crippen molar-refractivity contribution in [2.24, 2.45) is 0 Å². The quantitative estimate of drug-likeness (QED) is 0.560. The summed E-state index contributed by atoms with van der Waals surface area (Å²) in [5.41, 5.74) is 0.613. The SMILES string of the molecule is O=C(Cn1c(-c2cccs2)n[nH]c1=S)NCc1cccc(OCC(F)(F)F)c1. The molecule has 28 heavy (non-hydrogen) atoms. The second-order valence-electron chi connectivity index (χ2n) is 5.74. The van der Waals surface area contributed by atoms with Crippen LogP contribution in [0.5, 0.6) is 5.75 Å². The van der Waals surface area contributed by atoms with Gasteiger partial charge in [0.25, 0.3) is 0 Å². The fraction of sp³-hybridized carbons (Fsp3) is 0.235. The molecule has 0 radical (unpaired) electrons. The summed E-state index contributed by atoms with van der Waals surface area (Å²) >= 11 is 6.65. The van der Waals surface area contributed by atoms with E-state index in [1.807, 2.05) is 17.5 Å². The maximum absolute atomic E-state index is 12.3. The van der Waals surface area contributed by atoms with Crippen LogP contribution in [-0.2, 0) is 17.9 Å². The lowest BCUT2D eigenvalue weighted by Gasteiger charge is -2.11. The molecule has 3 aromatic rings. The number of amides is 1. The Morgan fingerprint density at radius 1 is 1.32 bits per heavy atom. The summed E-state index contributed by atoms with van der Waals surface area (Å²) in [6.45, 7) is -1.26. The van der Waals surface area contributed by atoms with Crippen LogP contribution in [0.2, 0.25) is 0 Å². The molecule has 2 N–H and O–H groups in total. The van der Waals surface area contributed by atoms with Crippen molar-refractivity contribution < 1.29 is 22.7 Å². The number of aromatic amines is 1. The molecule has 2 heterocycles. The topological polar surface area (TPSA) is 71.9 Å². The van der Waals surface area contributed by atoms with Gasteiger partial charge in [-0.3, -0.25) is 14.5 Å². The maximum Gasteiger partial charge on any atom is 0.422 e. The van der Waals surface area contributed by atoms with E-state index in [0.717, 1.165) is 4.88 Å². The number of nitrogens with one attached hydrogen (secondary N) is 2. The Balaban J connectivity index is 1.60. The first-order valence-corrected chi connectivity index (χ1v) is 9.35. The number of alkyl halides is 3. The molecule has 0 atom stereocenters. The Labute approximate surface area is 167 Å². The number of nitrogens with zero attached hydrogens (tertiary/aromatic N) is 2. The second-order valence-corrected chi connectivity index (χ2v) is 7.08. The van der Waals surface area contributed by atoms with Gasteiger partial charge < -0.3 is 10.1 Å². The largest absolute Gasteiger partial charge is 0.484 e. The van der Waals surface area contributed by atoms with Crippen LogP contribution in [0.25, 0.3) is 10.7 Å². The van der Waals surface area contributed by atoms with Crippen molar-refractivity contribution in [3.63, 3.8) is 0 Å². The minimum Gasteiger partial charge on any atom is -0.484 e. The van der Waals surface area contributed by atoms with Gasteiger partial charge in [0.1, 0.15) is 12.3 Å². The van der Waals surface area contributed by atoms with Gasteiger partial charge in [0.05, 0.1) is 4.88 Å². The average Bonchev–Trinajstić information content (AvgIpc) is 3.29. The summed E-state index contributed by atoms with van der Waals surface area (Å²) in [5, 5.41) is 11.4. The summed E-state index contributed by atoms with van der Waals surface area (Å²) in [6.07, 6.45) is -4.41. The van der Waals surface area contributed by atoms with Crippen molar-refractivity contribution in [1.29, 1.82) is 0 Å². The highest BCUT2D eigenvalue weighted by atomic mass is 32.1. The van der Waals surface area contributed by atoms with Crippen molar-refractivity contribution in [2.45, 2.75) is 19.3 Å². The first-order chi connectivity index (χ1) is 13.3. The Hall–Kier alpha value is -2.66. The molecule has 3 rings (SSSR count). The van der Waals surface area contributed by atoms with Crippen LogP contribution in [-0.4, -0.2) is 33.5 Å². The highest BCUT2D eigenvalue weighted by Crippen LogP contribution is 2.23. The fourth-order valence-corrected chi connectivity index (χ4v) is 3.29. The molecule has 0 spiro atoms. The lowest BCUT2D eigenvalue weighted by Crippen LogP contribution is -2.27. The monoisotopic (exact) mass is 428 g/mol. The van der Waals surface area contributed by atoms with Crippen LogP contribution in [0.3, 0.4) is 0 Å². The molecule has 2 aromatic heterocycles. The summed E-state index contributed by atoms with van der Waals surface area (Å²) in [4.78, 5) is 13.2. The molecule has 1 aromatic carbocycles. The molecular formula is C17H15F3N4O2S2. The number of hydrogen-bond donors (Lipinski definition) is 2. The fourth-order valence-electron chi connectivity index (χ4n) is 2.37. The number of hydrogen-bond acceptors (Lipinski definition) is 5. The highest BCUT2D eigenvalue weighted by molar-refractivity contribution is 7.71. The van der Waals surface area contributed by atoms with Crippen molar-refractivity contribution in [2.75, 3.05) is 6.61 Å². The van der Waals surface area contributed by atoms with Gasteiger partial charge in [-0.1, -0.05) is 18.2 Å². The van der Waals surface area contributed by atoms with Crippen LogP contribution in [0.4, 0.5) is 13.2 Å². The number of halogens is 3. The molecule has 1 amide bonds. The zero-order valence-electron chi connectivity index (χ0n) is 14.3. The summed E-state index contributed by atoms with van der Waals surface area (Å²) in [7, 11) is 0. The Kier molecular flexibility index (Phi) is 6.15. The molecule has 0 saturated heterocycles. The molecule has 6 nitrogen and oxygen atoms in total. The van der Waals surface area contributed by atoms with Gasteiger partial charge in [0.15, 0.2) is 17.2 Å². The number of aromatic nitrogens is 3. The van der Waals surface area contributed by atoms with E-state index >= 15 is 0 Å². The third-order valence-electron chi connectivity index (χ3n) is 3.59. The van der Waals surface area contributed by atoms with Gasteiger partial charge in [-0.2, -0.15) is 18.3 Å². The summed E-state index contributed by atoms with van der Waals surface area (Å²) in [6, 6.07) is 9.86. The third kappa shape index (κ3) is 5.42. The van der Waals surface area contributed by atoms with Gasteiger partial charge in [-0.25, -0.2) is 0 Å². The van der Waals surface area contributed by atoms with E-state index in [9.17, 15) is 18.0 Å². The van der Waals surface area contributed by atoms with E-state index in [0.29, 0.717) is 16.2 Å². The standard InChI is InChI=1S/C17H15F3N4O2S2/c18-17(19,20)10-26-12-4-1-3-11(7-12)8-21-14(25)9-24-15(22-23-16(24)27)13-5-2-6-28-13/h1-7H,8-10H2,(H,21,25)(H,23,27). The molecule has 148 valence electrons. The molecule has 0 saturated carbocycles. The smallest absolute Gasteiger partial charge is 0.422 e. The predicted molar refractivity (Wildman–Crippen MR) is 101 cm³/mol. The second kappa shape index (κ2) is 8.57. The van der Waals surface area contributed by atoms with Crippen LogP contribution in [0.15, 0.2) is 41.8 Å². The van der Waals surface area contributed by atoms with Crippen molar-refractivity contribution in [3.05, 3.63) is 52.1 Å². The number of benzene rings is 1. The molecule has 0 bridgehead atoms. The summed E-state index contributed by atoms with van der Waals surface area (Å²) < 4.78 is 43.3. The van der Waals surface area contributed by atoms with Gasteiger partial charge in [0, 0.05) is 6.54 Å². The minimum absolute atomic E-state index is 0.0349. The van der Waals surface area contributed by atoms with E-state index in [1.165, 1.54) is 23.5 Å². The average molecular weight is 428 g/mol. The molecule has 0 aliphatic carbocycles. The lowest BCUT2D eigenvalue weighted by atomic mass is 10.2. The number of H-pyrrole nitrogens is 1. The van der Waals surface area contributed by atoms with Crippen LogP contribution < -0.4 is 10.1 Å². The summed E-state index contributed by atoms with van der Waals surface area (Å²) in [5.74, 6) is 0.343. The first kappa shape index (κ1) is 20.1. The third-order valence-corrected chi connectivity index (χ3v) is 4.77. The Morgan fingerprint density at radius 2 is 2.14 bits per heavy atom. The van der Waals surface area contributed by atoms with Crippen molar-refractivity contribution in [3.8, 4) is 16.5 Å². The number of thiophene rings is 1. The van der Waals surface area contributed by atoms with Gasteiger partial charge >= 0.3 is 6.18 Å². The van der Waals surface area contributed by atoms with Crippen LogP contribution >= 0.6 is 23.6 Å². The van der Waals surface area contributed by atoms with E-state index in [4.69, 9.17) is 17.0 Å². The Morgan fingerprint density at radius 3 is 2.86 bits per heavy atom. The molecule has 0 unspecified atom stereocenters. The van der Waals surface area contributed by atoms with Crippen LogP contribution in [0, 0.1) is 4.77 Å². The van der Waals surface area contributed by atoms with Crippen LogP contribution in [0.1, 0.15) is 5.56 Å². The van der Waals surface area contributed by atoms with E-state index in [-0.39, 0.29) is 24.7 Å². The molecule has 0 fully saturated rings. The van der Waals surface area contributed by atoms with Crippen molar-refractivity contribution >= 4 is 29.5 Å². The lowest BCUT2D eigenvalue weighted by molar-refractivity contribution is -0.153. The molecule has 0 aliphatic heterocycles. The predicted octanol–water partition coefficient (Wildman–Crippen LogP) is 3.93. The molecule has 0 aliphatic rings. The maximum atomic E-state index is 12.3. The molecular weight excluding hydrogens is 413 g/mol. The number of ether oxygens (including phenoxy) is 1. The normalized spacial score (nSPS) is 11.4. The van der Waals surface area contributed by atoms with Gasteiger partial charge in [-0.15, -0.1) is 11.3 Å². The number of rotatable bonds is 7. The van der Waals surface area contributed by atoms with Gasteiger partial charge in [-0.05, 0) is 41.4 Å². The van der Waals surface area contributed by atoms with E-state index in [1.54, 1.807) is 16.7 Å². The zero-order valence-corrected chi connectivity index (χ0v) is 16.0. The number of carbonyl (C=O) groups excluding carboxylic acids is 1. The first-order valence-electron chi connectivity index (χ1n) is 8.06. The Bertz CT molecular complexity index is 996. The molecule has 11 heteroatoms. The minimum atomic E-state index is -4.41. The van der Waals surface area contributed by atoms with Crippen molar-refractivity contribution in [1.82, 2.24) is 20.1 Å². The van der Waals surface area contributed by atoms with Gasteiger partial charge in [0.2, 0.25) is 5.91 Å². The van der Waals surface area contributed by atoms with E-state index in [2.05, 4.69) is 15.5 Å².